The zero-order valence-corrected chi connectivity index (χ0v) is 10.6. The summed E-state index contributed by atoms with van der Waals surface area (Å²) in [7, 11) is 0. The number of carbonyl (C=O) groups is 2. The quantitative estimate of drug-likeness (QED) is 0.780. The molecule has 0 fully saturated rings. The highest BCUT2D eigenvalue weighted by molar-refractivity contribution is 5.87. The van der Waals surface area contributed by atoms with E-state index in [0.717, 1.165) is 18.4 Å². The minimum Gasteiger partial charge on any atom is -0.465 e. The highest BCUT2D eigenvalue weighted by Crippen LogP contribution is 2.07. The lowest BCUT2D eigenvalue weighted by atomic mass is 9.99. The van der Waals surface area contributed by atoms with Gasteiger partial charge in [0.05, 0.1) is 6.04 Å². The summed E-state index contributed by atoms with van der Waals surface area (Å²) in [6.45, 7) is 2.00. The molecule has 0 radical (unpaired) electrons. The molecular formula is C14H19NO3. The molecule has 4 nitrogen and oxygen atoms in total. The number of amides is 1. The van der Waals surface area contributed by atoms with Crippen molar-refractivity contribution < 1.29 is 14.7 Å². The van der Waals surface area contributed by atoms with Gasteiger partial charge in [-0.2, -0.15) is 0 Å². The van der Waals surface area contributed by atoms with E-state index in [0.29, 0.717) is 12.8 Å². The van der Waals surface area contributed by atoms with Crippen molar-refractivity contribution in [2.24, 2.45) is 0 Å². The average molecular weight is 249 g/mol. The number of Topliss-reactive ketones (excluding diaryl/α,β-unsaturated/α-hetero) is 1. The lowest BCUT2D eigenvalue weighted by molar-refractivity contribution is -0.121. The molecule has 0 aliphatic rings. The first-order chi connectivity index (χ1) is 8.63. The van der Waals surface area contributed by atoms with Gasteiger partial charge in [0.15, 0.2) is 5.78 Å². The lowest BCUT2D eigenvalue weighted by Gasteiger charge is -2.15. The first-order valence-corrected chi connectivity index (χ1v) is 6.19. The van der Waals surface area contributed by atoms with Crippen molar-refractivity contribution >= 4 is 11.9 Å². The molecule has 2 N–H and O–H groups in total. The molecule has 0 saturated carbocycles. The number of carbonyl (C=O) groups excluding carboxylic acids is 1. The number of hydrogen-bond donors (Lipinski definition) is 2. The maximum Gasteiger partial charge on any atom is 0.405 e. The van der Waals surface area contributed by atoms with Gasteiger partial charge in [-0.25, -0.2) is 4.79 Å². The Hall–Kier alpha value is -1.84. The van der Waals surface area contributed by atoms with Crippen LogP contribution in [0.5, 0.6) is 0 Å². The Morgan fingerprint density at radius 1 is 1.28 bits per heavy atom. The van der Waals surface area contributed by atoms with Crippen LogP contribution in [0.2, 0.25) is 0 Å². The standard InChI is InChI=1S/C14H19NO3/c1-2-3-9-13(16)12(15-14(17)18)10-11-7-5-4-6-8-11/h4-8,12,15H,2-3,9-10H2,1H3,(H,17,18)/t12-/m0/s1. The van der Waals surface area contributed by atoms with Crippen molar-refractivity contribution in [3.63, 3.8) is 0 Å². The first-order valence-electron chi connectivity index (χ1n) is 6.19. The van der Waals surface area contributed by atoms with E-state index >= 15 is 0 Å². The van der Waals surface area contributed by atoms with E-state index in [1.807, 2.05) is 37.3 Å². The maximum absolute atomic E-state index is 11.9. The van der Waals surface area contributed by atoms with Gasteiger partial charge in [0.2, 0.25) is 0 Å². The molecule has 0 heterocycles. The van der Waals surface area contributed by atoms with Gasteiger partial charge in [-0.15, -0.1) is 0 Å². The fourth-order valence-corrected chi connectivity index (χ4v) is 1.77. The van der Waals surface area contributed by atoms with Crippen LogP contribution in [-0.2, 0) is 11.2 Å². The van der Waals surface area contributed by atoms with E-state index in [1.54, 1.807) is 0 Å². The van der Waals surface area contributed by atoms with E-state index in [1.165, 1.54) is 0 Å². The third-order valence-electron chi connectivity index (χ3n) is 2.75. The molecule has 1 aromatic rings. The highest BCUT2D eigenvalue weighted by Gasteiger charge is 2.19. The molecule has 1 atom stereocenters. The van der Waals surface area contributed by atoms with Crippen LogP contribution in [0.25, 0.3) is 0 Å². The first kappa shape index (κ1) is 14.2. The molecule has 0 aromatic heterocycles. The van der Waals surface area contributed by atoms with Crippen molar-refractivity contribution in [3.8, 4) is 0 Å². The van der Waals surface area contributed by atoms with Crippen LogP contribution < -0.4 is 5.32 Å². The van der Waals surface area contributed by atoms with Crippen LogP contribution in [0.1, 0.15) is 31.7 Å². The number of ketones is 1. The van der Waals surface area contributed by atoms with E-state index in [-0.39, 0.29) is 5.78 Å². The second-order valence-corrected chi connectivity index (χ2v) is 4.26. The maximum atomic E-state index is 11.9. The lowest BCUT2D eigenvalue weighted by Crippen LogP contribution is -2.41. The van der Waals surface area contributed by atoms with Crippen molar-refractivity contribution in [2.45, 2.75) is 38.6 Å². The van der Waals surface area contributed by atoms with Crippen LogP contribution >= 0.6 is 0 Å². The SMILES string of the molecule is CCCCC(=O)[C@H](Cc1ccccc1)NC(=O)O. The van der Waals surface area contributed by atoms with E-state index < -0.39 is 12.1 Å². The molecular weight excluding hydrogens is 230 g/mol. The Labute approximate surface area is 107 Å². The Morgan fingerprint density at radius 2 is 1.94 bits per heavy atom. The molecule has 0 saturated heterocycles. The molecule has 0 bridgehead atoms. The number of carboxylic acid groups (broad SMARTS) is 1. The second-order valence-electron chi connectivity index (χ2n) is 4.26. The van der Waals surface area contributed by atoms with Gasteiger partial charge in [-0.1, -0.05) is 43.7 Å². The largest absolute Gasteiger partial charge is 0.465 e. The Kier molecular flexibility index (Phi) is 5.91. The van der Waals surface area contributed by atoms with Gasteiger partial charge in [0, 0.05) is 6.42 Å². The zero-order chi connectivity index (χ0) is 13.4. The monoisotopic (exact) mass is 249 g/mol. The van der Waals surface area contributed by atoms with E-state index in [9.17, 15) is 9.59 Å². The smallest absolute Gasteiger partial charge is 0.405 e. The molecule has 0 aliphatic heterocycles. The van der Waals surface area contributed by atoms with Gasteiger partial charge in [0.25, 0.3) is 0 Å². The summed E-state index contributed by atoms with van der Waals surface area (Å²) in [5.41, 5.74) is 0.959. The zero-order valence-electron chi connectivity index (χ0n) is 10.6. The van der Waals surface area contributed by atoms with Crippen LogP contribution in [0, 0.1) is 0 Å². The van der Waals surface area contributed by atoms with Gasteiger partial charge in [-0.3, -0.25) is 4.79 Å². The van der Waals surface area contributed by atoms with Gasteiger partial charge >= 0.3 is 6.09 Å². The number of hydrogen-bond acceptors (Lipinski definition) is 2. The molecule has 1 amide bonds. The minimum atomic E-state index is -1.15. The fourth-order valence-electron chi connectivity index (χ4n) is 1.77. The van der Waals surface area contributed by atoms with Crippen molar-refractivity contribution in [1.82, 2.24) is 5.32 Å². The van der Waals surface area contributed by atoms with Crippen molar-refractivity contribution in [1.29, 1.82) is 0 Å². The van der Waals surface area contributed by atoms with E-state index in [4.69, 9.17) is 5.11 Å². The Morgan fingerprint density at radius 3 is 2.50 bits per heavy atom. The third-order valence-corrected chi connectivity index (χ3v) is 2.75. The van der Waals surface area contributed by atoms with Crippen molar-refractivity contribution in [3.05, 3.63) is 35.9 Å². The van der Waals surface area contributed by atoms with Crippen molar-refractivity contribution in [2.75, 3.05) is 0 Å². The molecule has 4 heteroatoms. The number of unbranched alkanes of at least 4 members (excludes halogenated alkanes) is 1. The average Bonchev–Trinajstić information content (AvgIpc) is 2.36. The predicted octanol–water partition coefficient (Wildman–Crippen LogP) is 2.62. The van der Waals surface area contributed by atoms with Gasteiger partial charge in [-0.05, 0) is 18.4 Å². The molecule has 18 heavy (non-hydrogen) atoms. The Bertz CT molecular complexity index is 389. The van der Waals surface area contributed by atoms with Gasteiger partial charge in [0.1, 0.15) is 0 Å². The molecule has 0 spiro atoms. The van der Waals surface area contributed by atoms with Crippen LogP contribution in [0.15, 0.2) is 30.3 Å². The number of rotatable bonds is 7. The number of benzene rings is 1. The molecule has 98 valence electrons. The summed E-state index contributed by atoms with van der Waals surface area (Å²) in [5, 5.41) is 11.1. The van der Waals surface area contributed by atoms with Crippen LogP contribution in [0.4, 0.5) is 4.79 Å². The highest BCUT2D eigenvalue weighted by atomic mass is 16.4. The van der Waals surface area contributed by atoms with Crippen LogP contribution in [0.3, 0.4) is 0 Å². The third kappa shape index (κ3) is 4.99. The summed E-state index contributed by atoms with van der Waals surface area (Å²) in [4.78, 5) is 22.6. The topological polar surface area (TPSA) is 66.4 Å². The Balaban J connectivity index is 2.66. The molecule has 0 unspecified atom stereocenters. The summed E-state index contributed by atoms with van der Waals surface area (Å²) in [6.07, 6.45) is 1.41. The normalized spacial score (nSPS) is 11.8. The summed E-state index contributed by atoms with van der Waals surface area (Å²) < 4.78 is 0. The summed E-state index contributed by atoms with van der Waals surface area (Å²) in [6, 6.07) is 8.79. The summed E-state index contributed by atoms with van der Waals surface area (Å²) >= 11 is 0. The molecule has 0 aliphatic carbocycles. The summed E-state index contributed by atoms with van der Waals surface area (Å²) in [5.74, 6) is -0.0388. The molecule has 1 aromatic carbocycles. The number of nitrogens with one attached hydrogen (secondary N) is 1. The van der Waals surface area contributed by atoms with Gasteiger partial charge < -0.3 is 10.4 Å². The molecule has 1 rings (SSSR count). The second kappa shape index (κ2) is 7.48. The van der Waals surface area contributed by atoms with Crippen LogP contribution in [-0.4, -0.2) is 23.0 Å². The minimum absolute atomic E-state index is 0.0388. The van der Waals surface area contributed by atoms with E-state index in [2.05, 4.69) is 5.32 Å². The fraction of sp³-hybridized carbons (Fsp3) is 0.429. The predicted molar refractivity (Wildman–Crippen MR) is 69.6 cm³/mol.